The highest BCUT2D eigenvalue weighted by Gasteiger charge is 2.28. The van der Waals surface area contributed by atoms with Crippen LogP contribution < -0.4 is 10.6 Å². The van der Waals surface area contributed by atoms with E-state index in [2.05, 4.69) is 17.6 Å². The molecule has 1 fully saturated rings. The molecule has 1 aliphatic rings. The summed E-state index contributed by atoms with van der Waals surface area (Å²) in [5, 5.41) is 6.19. The molecule has 0 bridgehead atoms. The lowest BCUT2D eigenvalue weighted by Crippen LogP contribution is -2.46. The van der Waals surface area contributed by atoms with E-state index in [9.17, 15) is 4.79 Å². The highest BCUT2D eigenvalue weighted by Crippen LogP contribution is 2.12. The highest BCUT2D eigenvalue weighted by molar-refractivity contribution is 5.88. The van der Waals surface area contributed by atoms with Crippen LogP contribution in [0, 0.1) is 0 Å². The maximum Gasteiger partial charge on any atom is 0.244 e. The van der Waals surface area contributed by atoms with E-state index in [1.54, 1.807) is 12.2 Å². The van der Waals surface area contributed by atoms with Gasteiger partial charge < -0.3 is 10.6 Å². The summed E-state index contributed by atoms with van der Waals surface area (Å²) in [6.07, 6.45) is 4.32. The fraction of sp³-hybridized carbons (Fsp3) is 0.667. The number of carbonyl (C=O) groups excluding carboxylic acids is 1. The van der Waals surface area contributed by atoms with Gasteiger partial charge in [0.05, 0.1) is 5.54 Å². The van der Waals surface area contributed by atoms with Crippen LogP contribution in [-0.4, -0.2) is 24.5 Å². The second kappa shape index (κ2) is 3.72. The lowest BCUT2D eigenvalue weighted by atomic mass is 10.0. The average Bonchev–Trinajstić information content (AvgIpc) is 2.36. The molecule has 0 aliphatic carbocycles. The zero-order valence-corrected chi connectivity index (χ0v) is 7.68. The first-order valence-corrected chi connectivity index (χ1v) is 4.32. The third-order valence-corrected chi connectivity index (χ3v) is 2.11. The molecule has 0 saturated carbocycles. The van der Waals surface area contributed by atoms with E-state index in [0.29, 0.717) is 0 Å². The van der Waals surface area contributed by atoms with Gasteiger partial charge in [0.1, 0.15) is 0 Å². The molecule has 68 valence electrons. The van der Waals surface area contributed by atoms with Gasteiger partial charge in [-0.2, -0.15) is 0 Å². The molecule has 1 saturated heterocycles. The molecule has 1 aliphatic heterocycles. The smallest absolute Gasteiger partial charge is 0.244 e. The van der Waals surface area contributed by atoms with E-state index in [-0.39, 0.29) is 11.4 Å². The van der Waals surface area contributed by atoms with Crippen molar-refractivity contribution in [2.45, 2.75) is 25.8 Å². The maximum absolute atomic E-state index is 11.2. The molecule has 1 amide bonds. The number of hydrogen-bond donors (Lipinski definition) is 2. The Labute approximate surface area is 73.2 Å². The standard InChI is InChI=1S/C9H16N2O/c1-3-4-8(12)11-9(2)5-6-10-7-9/h3-4,10H,5-7H2,1-2H3,(H,11,12)/b4-3+. The topological polar surface area (TPSA) is 41.1 Å². The van der Waals surface area contributed by atoms with Crippen molar-refractivity contribution in [1.29, 1.82) is 0 Å². The van der Waals surface area contributed by atoms with Crippen LogP contribution in [0.25, 0.3) is 0 Å². The molecule has 1 heterocycles. The molecular formula is C9H16N2O. The Balaban J connectivity index is 2.43. The molecule has 3 nitrogen and oxygen atoms in total. The summed E-state index contributed by atoms with van der Waals surface area (Å²) in [4.78, 5) is 11.2. The van der Waals surface area contributed by atoms with Gasteiger partial charge >= 0.3 is 0 Å². The fourth-order valence-electron chi connectivity index (χ4n) is 1.41. The largest absolute Gasteiger partial charge is 0.346 e. The van der Waals surface area contributed by atoms with Crippen LogP contribution in [0.15, 0.2) is 12.2 Å². The average molecular weight is 168 g/mol. The van der Waals surface area contributed by atoms with Crippen LogP contribution >= 0.6 is 0 Å². The molecule has 0 radical (unpaired) electrons. The summed E-state index contributed by atoms with van der Waals surface area (Å²) >= 11 is 0. The van der Waals surface area contributed by atoms with Gasteiger partial charge in [-0.1, -0.05) is 6.08 Å². The second-order valence-electron chi connectivity index (χ2n) is 3.48. The van der Waals surface area contributed by atoms with Crippen molar-refractivity contribution in [1.82, 2.24) is 10.6 Å². The number of nitrogens with one attached hydrogen (secondary N) is 2. The molecule has 1 rings (SSSR count). The van der Waals surface area contributed by atoms with Crippen molar-refractivity contribution < 1.29 is 4.79 Å². The summed E-state index contributed by atoms with van der Waals surface area (Å²) in [6.45, 7) is 5.77. The Kier molecular flexibility index (Phi) is 2.87. The second-order valence-corrected chi connectivity index (χ2v) is 3.48. The van der Waals surface area contributed by atoms with Gasteiger partial charge in [-0.3, -0.25) is 4.79 Å². The monoisotopic (exact) mass is 168 g/mol. The zero-order valence-electron chi connectivity index (χ0n) is 7.68. The van der Waals surface area contributed by atoms with Crippen LogP contribution in [0.4, 0.5) is 0 Å². The first kappa shape index (κ1) is 9.26. The number of allylic oxidation sites excluding steroid dienone is 1. The molecule has 0 spiro atoms. The molecule has 1 unspecified atom stereocenters. The van der Waals surface area contributed by atoms with Gasteiger partial charge in [-0.15, -0.1) is 0 Å². The van der Waals surface area contributed by atoms with Gasteiger partial charge in [-0.25, -0.2) is 0 Å². The van der Waals surface area contributed by atoms with Crippen LogP contribution in [0.3, 0.4) is 0 Å². The van der Waals surface area contributed by atoms with E-state index in [1.807, 2.05) is 6.92 Å². The van der Waals surface area contributed by atoms with E-state index >= 15 is 0 Å². The number of carbonyl (C=O) groups is 1. The van der Waals surface area contributed by atoms with Crippen molar-refractivity contribution in [2.24, 2.45) is 0 Å². The fourth-order valence-corrected chi connectivity index (χ4v) is 1.41. The molecule has 2 N–H and O–H groups in total. The highest BCUT2D eigenvalue weighted by atomic mass is 16.1. The lowest BCUT2D eigenvalue weighted by molar-refractivity contribution is -0.118. The summed E-state index contributed by atoms with van der Waals surface area (Å²) in [6, 6.07) is 0. The summed E-state index contributed by atoms with van der Waals surface area (Å²) in [5.74, 6) is 0.00343. The molecule has 0 aromatic heterocycles. The summed E-state index contributed by atoms with van der Waals surface area (Å²) in [7, 11) is 0. The number of hydrogen-bond acceptors (Lipinski definition) is 2. The minimum Gasteiger partial charge on any atom is -0.346 e. The van der Waals surface area contributed by atoms with Crippen LogP contribution in [0.2, 0.25) is 0 Å². The minimum absolute atomic E-state index is 0.00343. The SMILES string of the molecule is C/C=C/C(=O)NC1(C)CCNC1. The van der Waals surface area contributed by atoms with Crippen molar-refractivity contribution in [2.75, 3.05) is 13.1 Å². The lowest BCUT2D eigenvalue weighted by Gasteiger charge is -2.23. The third kappa shape index (κ3) is 2.34. The summed E-state index contributed by atoms with van der Waals surface area (Å²) < 4.78 is 0. The first-order chi connectivity index (χ1) is 5.66. The van der Waals surface area contributed by atoms with Gasteiger partial charge in [0.15, 0.2) is 0 Å². The van der Waals surface area contributed by atoms with E-state index in [1.165, 1.54) is 0 Å². The predicted octanol–water partition coefficient (Wildman–Crippen LogP) is 0.431. The summed E-state index contributed by atoms with van der Waals surface area (Å²) in [5.41, 5.74) is -0.0450. The molecule has 0 aromatic rings. The minimum atomic E-state index is -0.0450. The normalized spacial score (nSPS) is 29.5. The van der Waals surface area contributed by atoms with Crippen molar-refractivity contribution in [3.63, 3.8) is 0 Å². The number of rotatable bonds is 2. The molecular weight excluding hydrogens is 152 g/mol. The Morgan fingerprint density at radius 3 is 2.92 bits per heavy atom. The van der Waals surface area contributed by atoms with Gasteiger partial charge in [-0.05, 0) is 32.9 Å². The van der Waals surface area contributed by atoms with Crippen molar-refractivity contribution in [3.05, 3.63) is 12.2 Å². The Morgan fingerprint density at radius 2 is 2.42 bits per heavy atom. The molecule has 1 atom stereocenters. The van der Waals surface area contributed by atoms with Crippen molar-refractivity contribution in [3.8, 4) is 0 Å². The van der Waals surface area contributed by atoms with Gasteiger partial charge in [0.2, 0.25) is 5.91 Å². The van der Waals surface area contributed by atoms with E-state index in [4.69, 9.17) is 0 Å². The molecule has 3 heteroatoms. The van der Waals surface area contributed by atoms with Crippen LogP contribution in [0.1, 0.15) is 20.3 Å². The van der Waals surface area contributed by atoms with Crippen LogP contribution in [0.5, 0.6) is 0 Å². The molecule has 0 aromatic carbocycles. The van der Waals surface area contributed by atoms with E-state index in [0.717, 1.165) is 19.5 Å². The maximum atomic E-state index is 11.2. The Hall–Kier alpha value is -0.830. The molecule has 12 heavy (non-hydrogen) atoms. The van der Waals surface area contributed by atoms with Gasteiger partial charge in [0, 0.05) is 6.54 Å². The van der Waals surface area contributed by atoms with E-state index < -0.39 is 0 Å². The first-order valence-electron chi connectivity index (χ1n) is 4.32. The Bertz CT molecular complexity index is 193. The van der Waals surface area contributed by atoms with Crippen molar-refractivity contribution >= 4 is 5.91 Å². The zero-order chi connectivity index (χ0) is 9.03. The number of amides is 1. The quantitative estimate of drug-likeness (QED) is 0.587. The Morgan fingerprint density at radius 1 is 1.67 bits per heavy atom. The third-order valence-electron chi connectivity index (χ3n) is 2.11. The van der Waals surface area contributed by atoms with Crippen LogP contribution in [-0.2, 0) is 4.79 Å². The van der Waals surface area contributed by atoms with Gasteiger partial charge in [0.25, 0.3) is 0 Å². The predicted molar refractivity (Wildman–Crippen MR) is 48.8 cm³/mol.